The van der Waals surface area contributed by atoms with Gasteiger partial charge in [-0.05, 0) is 60.6 Å². The van der Waals surface area contributed by atoms with E-state index in [1.165, 1.54) is 47.1 Å². The quantitative estimate of drug-likeness (QED) is 0.507. The van der Waals surface area contributed by atoms with E-state index in [-0.39, 0.29) is 6.10 Å². The molecule has 3 aromatic rings. The van der Waals surface area contributed by atoms with Gasteiger partial charge in [-0.15, -0.1) is 0 Å². The molecule has 3 aromatic carbocycles. The lowest BCUT2D eigenvalue weighted by molar-refractivity contribution is 0.160. The maximum atomic E-state index is 6.59. The van der Waals surface area contributed by atoms with Crippen LogP contribution in [0.5, 0.6) is 5.75 Å². The van der Waals surface area contributed by atoms with E-state index in [1.54, 1.807) is 0 Å². The standard InChI is InChI=1S/C27H27NO/c1-18-7-5-10-20(15-18)21-13-14-26-24(16-21)25(28-2)17-27(29-26)23-12-6-9-19-8-3-4-11-22(19)23/h3-5,7-8,10-11,13-16,23,27H,6,9,12,17H2,1-2H3. The van der Waals surface area contributed by atoms with Crippen LogP contribution in [0.4, 0.5) is 0 Å². The number of aryl methyl sites for hydroxylation is 2. The third-order valence-electron chi connectivity index (χ3n) is 6.45. The molecule has 0 bridgehead atoms. The maximum Gasteiger partial charge on any atom is 0.128 e. The fourth-order valence-corrected chi connectivity index (χ4v) is 4.98. The molecule has 0 saturated heterocycles. The zero-order chi connectivity index (χ0) is 19.8. The van der Waals surface area contributed by atoms with E-state index in [4.69, 9.17) is 4.74 Å². The van der Waals surface area contributed by atoms with E-state index < -0.39 is 0 Å². The average molecular weight is 382 g/mol. The summed E-state index contributed by atoms with van der Waals surface area (Å²) in [6.07, 6.45) is 4.64. The van der Waals surface area contributed by atoms with Crippen molar-refractivity contribution >= 4 is 5.71 Å². The number of ether oxygens (including phenoxy) is 1. The fourth-order valence-electron chi connectivity index (χ4n) is 4.98. The Morgan fingerprint density at radius 1 is 0.931 bits per heavy atom. The highest BCUT2D eigenvalue weighted by atomic mass is 16.5. The molecule has 29 heavy (non-hydrogen) atoms. The van der Waals surface area contributed by atoms with Crippen molar-refractivity contribution in [3.05, 3.63) is 89.0 Å². The first-order valence-electron chi connectivity index (χ1n) is 10.6. The van der Waals surface area contributed by atoms with Crippen molar-refractivity contribution in [1.82, 2.24) is 0 Å². The molecular weight excluding hydrogens is 354 g/mol. The Morgan fingerprint density at radius 2 is 1.79 bits per heavy atom. The first-order chi connectivity index (χ1) is 14.2. The molecule has 0 amide bonds. The van der Waals surface area contributed by atoms with E-state index in [9.17, 15) is 0 Å². The molecule has 1 heterocycles. The third-order valence-corrected chi connectivity index (χ3v) is 6.45. The molecule has 146 valence electrons. The minimum absolute atomic E-state index is 0.160. The van der Waals surface area contributed by atoms with Gasteiger partial charge in [0.2, 0.25) is 0 Å². The largest absolute Gasteiger partial charge is 0.489 e. The molecule has 5 rings (SSSR count). The predicted octanol–water partition coefficient (Wildman–Crippen LogP) is 6.35. The van der Waals surface area contributed by atoms with Crippen molar-refractivity contribution in [3.63, 3.8) is 0 Å². The van der Waals surface area contributed by atoms with Crippen LogP contribution in [-0.2, 0) is 6.42 Å². The number of rotatable bonds is 2. The van der Waals surface area contributed by atoms with Crippen molar-refractivity contribution in [2.45, 2.75) is 44.6 Å². The summed E-state index contributed by atoms with van der Waals surface area (Å²) in [7, 11) is 1.91. The highest BCUT2D eigenvalue weighted by Gasteiger charge is 2.34. The number of aliphatic imine (C=N–C) groups is 1. The Kier molecular flexibility index (Phi) is 4.71. The Labute approximate surface area is 173 Å². The molecule has 0 saturated carbocycles. The van der Waals surface area contributed by atoms with Crippen molar-refractivity contribution in [2.75, 3.05) is 7.05 Å². The summed E-state index contributed by atoms with van der Waals surface area (Å²) in [5, 5.41) is 0. The molecule has 0 radical (unpaired) electrons. The fraction of sp³-hybridized carbons (Fsp3) is 0.296. The predicted molar refractivity (Wildman–Crippen MR) is 120 cm³/mol. The molecular formula is C27H27NO. The Bertz CT molecular complexity index is 1080. The Hall–Kier alpha value is -2.87. The van der Waals surface area contributed by atoms with Crippen LogP contribution in [0.3, 0.4) is 0 Å². The van der Waals surface area contributed by atoms with E-state index in [0.29, 0.717) is 5.92 Å². The van der Waals surface area contributed by atoms with Gasteiger partial charge >= 0.3 is 0 Å². The van der Waals surface area contributed by atoms with E-state index in [1.807, 2.05) is 7.05 Å². The second-order valence-corrected chi connectivity index (χ2v) is 8.31. The second kappa shape index (κ2) is 7.51. The van der Waals surface area contributed by atoms with Gasteiger partial charge in [-0.3, -0.25) is 4.99 Å². The summed E-state index contributed by atoms with van der Waals surface area (Å²) >= 11 is 0. The van der Waals surface area contributed by atoms with Crippen LogP contribution in [0, 0.1) is 6.92 Å². The Morgan fingerprint density at radius 3 is 2.66 bits per heavy atom. The number of nitrogens with zero attached hydrogens (tertiary/aromatic N) is 1. The van der Waals surface area contributed by atoms with Crippen LogP contribution in [0.2, 0.25) is 0 Å². The SMILES string of the molecule is CN=C1CC(C2CCCc3ccccc32)Oc2ccc(-c3cccc(C)c3)cc21. The van der Waals surface area contributed by atoms with Crippen molar-refractivity contribution < 1.29 is 4.74 Å². The molecule has 2 heteroatoms. The molecule has 2 aliphatic rings. The lowest BCUT2D eigenvalue weighted by Crippen LogP contribution is -2.34. The van der Waals surface area contributed by atoms with Crippen molar-refractivity contribution in [3.8, 4) is 16.9 Å². The van der Waals surface area contributed by atoms with Crippen LogP contribution in [0.25, 0.3) is 11.1 Å². The Balaban J connectivity index is 1.50. The molecule has 0 N–H and O–H groups in total. The first kappa shape index (κ1) is 18.2. The monoisotopic (exact) mass is 381 g/mol. The van der Waals surface area contributed by atoms with Gasteiger partial charge in [0.1, 0.15) is 11.9 Å². The van der Waals surface area contributed by atoms with Gasteiger partial charge in [-0.25, -0.2) is 0 Å². The highest BCUT2D eigenvalue weighted by Crippen LogP contribution is 2.41. The lowest BCUT2D eigenvalue weighted by Gasteiger charge is -2.36. The van der Waals surface area contributed by atoms with Crippen molar-refractivity contribution in [2.24, 2.45) is 4.99 Å². The molecule has 0 aromatic heterocycles. The van der Waals surface area contributed by atoms with Crippen LogP contribution in [0.15, 0.2) is 71.7 Å². The second-order valence-electron chi connectivity index (χ2n) is 8.31. The molecule has 2 atom stereocenters. The van der Waals surface area contributed by atoms with Crippen LogP contribution >= 0.6 is 0 Å². The van der Waals surface area contributed by atoms with Gasteiger partial charge < -0.3 is 4.74 Å². The summed E-state index contributed by atoms with van der Waals surface area (Å²) in [5.41, 5.74) is 9.00. The maximum absolute atomic E-state index is 6.59. The van der Waals surface area contributed by atoms with E-state index >= 15 is 0 Å². The molecule has 2 unspecified atom stereocenters. The molecule has 0 spiro atoms. The smallest absolute Gasteiger partial charge is 0.128 e. The van der Waals surface area contributed by atoms with Gasteiger partial charge in [-0.1, -0.05) is 60.2 Å². The summed E-state index contributed by atoms with van der Waals surface area (Å²) in [4.78, 5) is 4.68. The van der Waals surface area contributed by atoms with Gasteiger partial charge in [0.05, 0.1) is 0 Å². The van der Waals surface area contributed by atoms with Crippen LogP contribution in [0.1, 0.15) is 47.4 Å². The number of hydrogen-bond acceptors (Lipinski definition) is 2. The molecule has 2 nitrogen and oxygen atoms in total. The normalized spacial score (nSPS) is 21.9. The van der Waals surface area contributed by atoms with Gasteiger partial charge in [0, 0.05) is 30.7 Å². The number of benzene rings is 3. The van der Waals surface area contributed by atoms with Gasteiger partial charge in [0.15, 0.2) is 0 Å². The summed E-state index contributed by atoms with van der Waals surface area (Å²) in [6.45, 7) is 2.14. The topological polar surface area (TPSA) is 21.6 Å². The lowest BCUT2D eigenvalue weighted by atomic mass is 9.77. The first-order valence-corrected chi connectivity index (χ1v) is 10.6. The van der Waals surface area contributed by atoms with Gasteiger partial charge in [-0.2, -0.15) is 0 Å². The van der Waals surface area contributed by atoms with Crippen LogP contribution < -0.4 is 4.74 Å². The van der Waals surface area contributed by atoms with Crippen molar-refractivity contribution in [1.29, 1.82) is 0 Å². The molecule has 1 aliphatic carbocycles. The molecule has 0 fully saturated rings. The third kappa shape index (κ3) is 3.37. The minimum atomic E-state index is 0.160. The highest BCUT2D eigenvalue weighted by molar-refractivity contribution is 6.05. The number of fused-ring (bicyclic) bond motifs is 2. The zero-order valence-corrected chi connectivity index (χ0v) is 17.2. The number of hydrogen-bond donors (Lipinski definition) is 0. The summed E-state index contributed by atoms with van der Waals surface area (Å²) in [6, 6.07) is 24.1. The van der Waals surface area contributed by atoms with Crippen LogP contribution in [-0.4, -0.2) is 18.9 Å². The van der Waals surface area contributed by atoms with Gasteiger partial charge in [0.25, 0.3) is 0 Å². The van der Waals surface area contributed by atoms with E-state index in [2.05, 4.69) is 78.6 Å². The zero-order valence-electron chi connectivity index (χ0n) is 17.2. The molecule has 1 aliphatic heterocycles. The summed E-state index contributed by atoms with van der Waals surface area (Å²) in [5.74, 6) is 1.42. The average Bonchev–Trinajstić information content (AvgIpc) is 2.77. The van der Waals surface area contributed by atoms with E-state index in [0.717, 1.165) is 23.4 Å². The summed E-state index contributed by atoms with van der Waals surface area (Å²) < 4.78 is 6.59. The minimum Gasteiger partial charge on any atom is -0.489 e.